The summed E-state index contributed by atoms with van der Waals surface area (Å²) in [7, 11) is 1.75. The number of carbonyl (C=O) groups excluding carboxylic acids is 1. The molecule has 116 valence electrons. The van der Waals surface area contributed by atoms with Gasteiger partial charge in [0, 0.05) is 31.5 Å². The van der Waals surface area contributed by atoms with E-state index in [9.17, 15) is 4.79 Å². The molecule has 0 radical (unpaired) electrons. The van der Waals surface area contributed by atoms with Crippen molar-refractivity contribution in [1.82, 2.24) is 14.5 Å². The first-order valence-electron chi connectivity index (χ1n) is 7.41. The second-order valence-corrected chi connectivity index (χ2v) is 6.16. The van der Waals surface area contributed by atoms with Gasteiger partial charge in [-0.05, 0) is 29.9 Å². The van der Waals surface area contributed by atoms with Crippen LogP contribution in [0.3, 0.4) is 0 Å². The number of likely N-dealkylation sites (tertiary alicyclic amines) is 1. The fourth-order valence-corrected chi connectivity index (χ4v) is 3.47. The molecule has 1 aromatic heterocycles. The Morgan fingerprint density at radius 1 is 1.41 bits per heavy atom. The summed E-state index contributed by atoms with van der Waals surface area (Å²) in [5.74, 6) is 0.276. The molecular formula is C16H19N3O2S. The van der Waals surface area contributed by atoms with Crippen molar-refractivity contribution in [2.75, 3.05) is 20.2 Å². The Hall–Kier alpha value is -1.79. The molecule has 1 amide bonds. The molecule has 1 fully saturated rings. The number of ether oxygens (including phenoxy) is 1. The summed E-state index contributed by atoms with van der Waals surface area (Å²) in [5.41, 5.74) is 1.72. The van der Waals surface area contributed by atoms with Gasteiger partial charge in [0.25, 0.3) is 5.91 Å². The van der Waals surface area contributed by atoms with Crippen molar-refractivity contribution in [3.63, 3.8) is 0 Å². The first-order chi connectivity index (χ1) is 10.8. The van der Waals surface area contributed by atoms with Crippen molar-refractivity contribution in [1.29, 1.82) is 0 Å². The van der Waals surface area contributed by atoms with E-state index < -0.39 is 0 Å². The monoisotopic (exact) mass is 317 g/mol. The summed E-state index contributed by atoms with van der Waals surface area (Å²) in [6.45, 7) is 1.41. The molecule has 1 saturated heterocycles. The van der Waals surface area contributed by atoms with Crippen molar-refractivity contribution in [3.05, 3.63) is 47.0 Å². The molecule has 1 aliphatic heterocycles. The average Bonchev–Trinajstić information content (AvgIpc) is 3.09. The van der Waals surface area contributed by atoms with Gasteiger partial charge in [0.1, 0.15) is 0 Å². The van der Waals surface area contributed by atoms with Gasteiger partial charge in [-0.2, -0.15) is 0 Å². The highest BCUT2D eigenvalue weighted by atomic mass is 32.1. The highest BCUT2D eigenvalue weighted by Crippen LogP contribution is 2.24. The normalized spacial score (nSPS) is 21.8. The minimum Gasteiger partial charge on any atom is -0.381 e. The van der Waals surface area contributed by atoms with E-state index in [2.05, 4.69) is 21.7 Å². The van der Waals surface area contributed by atoms with Crippen LogP contribution in [0.15, 0.2) is 35.7 Å². The van der Waals surface area contributed by atoms with Crippen molar-refractivity contribution >= 4 is 17.4 Å². The topological polar surface area (TPSA) is 55.3 Å². The first-order valence-corrected chi connectivity index (χ1v) is 8.24. The van der Waals surface area contributed by atoms with Gasteiger partial charge in [-0.3, -0.25) is 4.79 Å². The molecule has 2 aromatic rings. The Balaban J connectivity index is 1.71. The summed E-state index contributed by atoms with van der Waals surface area (Å²) >= 11 is 1.21. The minimum atomic E-state index is -0.0265. The lowest BCUT2D eigenvalue weighted by atomic mass is 9.88. The molecule has 0 spiro atoms. The van der Waals surface area contributed by atoms with Gasteiger partial charge in [-0.1, -0.05) is 34.8 Å². The highest BCUT2D eigenvalue weighted by Gasteiger charge is 2.32. The van der Waals surface area contributed by atoms with E-state index >= 15 is 0 Å². The maximum absolute atomic E-state index is 12.4. The smallest absolute Gasteiger partial charge is 0.275 e. The molecule has 0 saturated carbocycles. The summed E-state index contributed by atoms with van der Waals surface area (Å²) in [6, 6.07) is 10.4. The predicted molar refractivity (Wildman–Crippen MR) is 84.9 cm³/mol. The number of nitrogens with zero attached hydrogens (tertiary/aromatic N) is 3. The molecule has 3 rings (SSSR count). The standard InChI is InChI=1S/C16H19N3O2S/c1-21-15-7-8-19(16(20)14-11-22-18-17-14)10-13(15)9-12-5-3-2-4-6-12/h2-6,11,13,15H,7-10H2,1H3/t13-,15-/m1/s1. The lowest BCUT2D eigenvalue weighted by Gasteiger charge is -2.37. The number of hydrogen-bond donors (Lipinski definition) is 0. The number of hydrogen-bond acceptors (Lipinski definition) is 5. The maximum Gasteiger partial charge on any atom is 0.275 e. The van der Waals surface area contributed by atoms with Gasteiger partial charge in [-0.25, -0.2) is 0 Å². The van der Waals surface area contributed by atoms with Crippen molar-refractivity contribution in [2.24, 2.45) is 5.92 Å². The Morgan fingerprint density at radius 2 is 2.23 bits per heavy atom. The summed E-state index contributed by atoms with van der Waals surface area (Å²) in [6.07, 6.45) is 1.97. The van der Waals surface area contributed by atoms with Crippen LogP contribution in [0.5, 0.6) is 0 Å². The molecule has 0 unspecified atom stereocenters. The molecule has 1 aromatic carbocycles. The van der Waals surface area contributed by atoms with E-state index in [1.165, 1.54) is 17.1 Å². The Labute approximate surface area is 134 Å². The second-order valence-electron chi connectivity index (χ2n) is 5.55. The SMILES string of the molecule is CO[C@@H]1CCN(C(=O)c2csnn2)C[C@H]1Cc1ccccc1. The molecule has 1 aliphatic rings. The van der Waals surface area contributed by atoms with Crippen LogP contribution in [0.1, 0.15) is 22.5 Å². The van der Waals surface area contributed by atoms with E-state index in [0.717, 1.165) is 12.8 Å². The Morgan fingerprint density at radius 3 is 2.91 bits per heavy atom. The van der Waals surface area contributed by atoms with Crippen LogP contribution in [0.25, 0.3) is 0 Å². The second kappa shape index (κ2) is 6.98. The molecule has 0 aliphatic carbocycles. The van der Waals surface area contributed by atoms with Crippen LogP contribution in [-0.2, 0) is 11.2 Å². The third kappa shape index (κ3) is 3.34. The van der Waals surface area contributed by atoms with Crippen LogP contribution in [0.4, 0.5) is 0 Å². The van der Waals surface area contributed by atoms with E-state index in [1.807, 2.05) is 23.1 Å². The van der Waals surface area contributed by atoms with E-state index in [-0.39, 0.29) is 12.0 Å². The van der Waals surface area contributed by atoms with Crippen molar-refractivity contribution in [2.45, 2.75) is 18.9 Å². The molecule has 0 bridgehead atoms. The van der Waals surface area contributed by atoms with Crippen LogP contribution < -0.4 is 0 Å². The summed E-state index contributed by atoms with van der Waals surface area (Å²) in [4.78, 5) is 14.3. The van der Waals surface area contributed by atoms with Gasteiger partial charge < -0.3 is 9.64 Å². The minimum absolute atomic E-state index is 0.0265. The molecule has 2 heterocycles. The van der Waals surface area contributed by atoms with Gasteiger partial charge in [0.05, 0.1) is 6.10 Å². The van der Waals surface area contributed by atoms with Gasteiger partial charge in [-0.15, -0.1) is 5.10 Å². The maximum atomic E-state index is 12.4. The molecule has 22 heavy (non-hydrogen) atoms. The largest absolute Gasteiger partial charge is 0.381 e. The zero-order valence-corrected chi connectivity index (χ0v) is 13.3. The molecular weight excluding hydrogens is 298 g/mol. The number of methoxy groups -OCH3 is 1. The number of aromatic nitrogens is 2. The molecule has 2 atom stereocenters. The average molecular weight is 317 g/mol. The van der Waals surface area contributed by atoms with Gasteiger partial charge >= 0.3 is 0 Å². The van der Waals surface area contributed by atoms with Gasteiger partial charge in [0.15, 0.2) is 5.69 Å². The Bertz CT molecular complexity index is 603. The van der Waals surface area contributed by atoms with Crippen LogP contribution in [0.2, 0.25) is 0 Å². The Kier molecular flexibility index (Phi) is 4.80. The first kappa shape index (κ1) is 15.1. The quantitative estimate of drug-likeness (QED) is 0.868. The lowest BCUT2D eigenvalue weighted by molar-refractivity contribution is -0.00317. The van der Waals surface area contributed by atoms with E-state index in [4.69, 9.17) is 4.74 Å². The fourth-order valence-electron chi connectivity index (χ4n) is 3.04. The highest BCUT2D eigenvalue weighted by molar-refractivity contribution is 7.03. The number of carbonyl (C=O) groups is 1. The number of benzene rings is 1. The van der Waals surface area contributed by atoms with E-state index in [1.54, 1.807) is 12.5 Å². The van der Waals surface area contributed by atoms with Crippen molar-refractivity contribution in [3.8, 4) is 0 Å². The lowest BCUT2D eigenvalue weighted by Crippen LogP contribution is -2.47. The summed E-state index contributed by atoms with van der Waals surface area (Å²) < 4.78 is 9.41. The molecule has 0 N–H and O–H groups in total. The van der Waals surface area contributed by atoms with Crippen molar-refractivity contribution < 1.29 is 9.53 Å². The number of rotatable bonds is 4. The van der Waals surface area contributed by atoms with Crippen LogP contribution in [0, 0.1) is 5.92 Å². The van der Waals surface area contributed by atoms with Crippen LogP contribution in [-0.4, -0.2) is 46.7 Å². The third-order valence-electron chi connectivity index (χ3n) is 4.17. The molecule has 5 nitrogen and oxygen atoms in total. The predicted octanol–water partition coefficient (Wildman–Crippen LogP) is 2.26. The van der Waals surface area contributed by atoms with Crippen LogP contribution >= 0.6 is 11.5 Å². The summed E-state index contributed by atoms with van der Waals surface area (Å²) in [5, 5.41) is 5.59. The number of piperidine rings is 1. The fraction of sp³-hybridized carbons (Fsp3) is 0.438. The number of amides is 1. The third-order valence-corrected chi connectivity index (χ3v) is 4.68. The zero-order valence-electron chi connectivity index (χ0n) is 12.5. The van der Waals surface area contributed by atoms with Gasteiger partial charge in [0.2, 0.25) is 0 Å². The van der Waals surface area contributed by atoms with E-state index in [0.29, 0.717) is 24.7 Å². The zero-order chi connectivity index (χ0) is 15.4. The molecule has 6 heteroatoms.